The van der Waals surface area contributed by atoms with Crippen LogP contribution in [0, 0.1) is 11.8 Å². The first-order valence-electron chi connectivity index (χ1n) is 10.1. The quantitative estimate of drug-likeness (QED) is 0.790. The number of nitrogens with one attached hydrogen (secondary N) is 1. The van der Waals surface area contributed by atoms with E-state index >= 15 is 0 Å². The molecule has 0 spiro atoms. The molecule has 0 radical (unpaired) electrons. The van der Waals surface area contributed by atoms with Crippen LogP contribution < -0.4 is 19.5 Å². The van der Waals surface area contributed by atoms with Gasteiger partial charge in [-0.15, -0.1) is 0 Å². The van der Waals surface area contributed by atoms with Gasteiger partial charge in [0.25, 0.3) is 0 Å². The molecule has 1 aromatic carbocycles. The van der Waals surface area contributed by atoms with Gasteiger partial charge < -0.3 is 24.6 Å². The van der Waals surface area contributed by atoms with Crippen molar-refractivity contribution in [3.8, 4) is 17.2 Å². The number of nitrogens with zero attached hydrogens (tertiary/aromatic N) is 3. The fourth-order valence-electron chi connectivity index (χ4n) is 4.91. The third kappa shape index (κ3) is 3.70. The molecule has 3 heterocycles. The minimum absolute atomic E-state index is 0.0125. The number of aromatic nitrogens is 2. The molecule has 2 N–H and O–H groups in total. The lowest BCUT2D eigenvalue weighted by molar-refractivity contribution is 0.0735. The second kappa shape index (κ2) is 7.68. The first-order chi connectivity index (χ1) is 14.2. The molecule has 2 aromatic rings. The van der Waals surface area contributed by atoms with Crippen LogP contribution in [-0.4, -0.2) is 59.1 Å². The Morgan fingerprint density at radius 1 is 1.21 bits per heavy atom. The van der Waals surface area contributed by atoms with E-state index in [0.29, 0.717) is 17.6 Å². The van der Waals surface area contributed by atoms with Crippen molar-refractivity contribution >= 4 is 5.82 Å². The fourth-order valence-corrected chi connectivity index (χ4v) is 4.91. The van der Waals surface area contributed by atoms with Crippen LogP contribution in [0.2, 0.25) is 0 Å². The first kappa shape index (κ1) is 18.4. The molecule has 4 atom stereocenters. The van der Waals surface area contributed by atoms with Crippen LogP contribution in [-0.2, 0) is 6.54 Å². The fraction of sp³-hybridized carbons (Fsp3) is 0.524. The standard InChI is InChI=1S/C21H26N4O4/c1-27-18-4-13(5-19-21(18)29-12-28-19)9-25-10-14-6-16(17(26)7-15(14)11-25)24-20-8-22-2-3-23-20/h2-5,8,14-17,26H,6-7,9-12H2,1H3,(H,23,24)/t14-,15+,16-,17-/m1/s1. The molecule has 1 aromatic heterocycles. The van der Waals surface area contributed by atoms with Crippen LogP contribution in [0.4, 0.5) is 5.82 Å². The topological polar surface area (TPSA) is 89.0 Å². The highest BCUT2D eigenvalue weighted by atomic mass is 16.7. The van der Waals surface area contributed by atoms with Gasteiger partial charge in [0.2, 0.25) is 12.5 Å². The van der Waals surface area contributed by atoms with Gasteiger partial charge in [0.1, 0.15) is 5.82 Å². The number of rotatable bonds is 5. The normalized spacial score (nSPS) is 28.2. The maximum atomic E-state index is 10.7. The Balaban J connectivity index is 1.24. The van der Waals surface area contributed by atoms with Crippen LogP contribution in [0.3, 0.4) is 0 Å². The molecule has 0 unspecified atom stereocenters. The highest BCUT2D eigenvalue weighted by Gasteiger charge is 2.41. The molecular formula is C21H26N4O4. The van der Waals surface area contributed by atoms with Gasteiger partial charge >= 0.3 is 0 Å². The number of ether oxygens (including phenoxy) is 3. The summed E-state index contributed by atoms with van der Waals surface area (Å²) in [5.74, 6) is 3.95. The first-order valence-corrected chi connectivity index (χ1v) is 10.1. The average Bonchev–Trinajstić information content (AvgIpc) is 3.34. The second-order valence-electron chi connectivity index (χ2n) is 8.13. The SMILES string of the molecule is COc1cc(CN2C[C@H]3C[C@@H](Nc4cnccn4)[C@H](O)C[C@H]3C2)cc2c1OCO2. The molecule has 8 heteroatoms. The van der Waals surface area contributed by atoms with Crippen molar-refractivity contribution in [1.82, 2.24) is 14.9 Å². The maximum Gasteiger partial charge on any atom is 0.231 e. The molecule has 29 heavy (non-hydrogen) atoms. The highest BCUT2D eigenvalue weighted by Crippen LogP contribution is 2.43. The molecule has 0 bridgehead atoms. The van der Waals surface area contributed by atoms with E-state index in [2.05, 4.69) is 20.2 Å². The van der Waals surface area contributed by atoms with E-state index in [1.165, 1.54) is 0 Å². The predicted octanol–water partition coefficient (Wildman–Crippen LogP) is 1.90. The Morgan fingerprint density at radius 2 is 2.07 bits per heavy atom. The van der Waals surface area contributed by atoms with Gasteiger partial charge in [-0.3, -0.25) is 9.88 Å². The molecule has 8 nitrogen and oxygen atoms in total. The Labute approximate surface area is 169 Å². The van der Waals surface area contributed by atoms with Gasteiger partial charge in [-0.25, -0.2) is 4.98 Å². The maximum absolute atomic E-state index is 10.7. The van der Waals surface area contributed by atoms with Crippen LogP contribution in [0.25, 0.3) is 0 Å². The van der Waals surface area contributed by atoms with E-state index in [1.807, 2.05) is 12.1 Å². The van der Waals surface area contributed by atoms with Crippen LogP contribution in [0.5, 0.6) is 17.2 Å². The van der Waals surface area contributed by atoms with Gasteiger partial charge in [-0.2, -0.15) is 0 Å². The van der Waals surface area contributed by atoms with Crippen molar-refractivity contribution in [3.63, 3.8) is 0 Å². The minimum Gasteiger partial charge on any atom is -0.493 e. The molecule has 1 aliphatic carbocycles. The number of aliphatic hydroxyl groups excluding tert-OH is 1. The predicted molar refractivity (Wildman–Crippen MR) is 106 cm³/mol. The summed E-state index contributed by atoms with van der Waals surface area (Å²) in [5, 5.41) is 14.0. The number of benzene rings is 1. The smallest absolute Gasteiger partial charge is 0.231 e. The lowest BCUT2D eigenvalue weighted by Crippen LogP contribution is -2.43. The summed E-state index contributed by atoms with van der Waals surface area (Å²) in [4.78, 5) is 10.8. The highest BCUT2D eigenvalue weighted by molar-refractivity contribution is 5.55. The average molecular weight is 398 g/mol. The summed E-state index contributed by atoms with van der Waals surface area (Å²) in [6, 6.07) is 4.08. The molecule has 3 aliphatic rings. The van der Waals surface area contributed by atoms with Gasteiger partial charge in [-0.1, -0.05) is 0 Å². The van der Waals surface area contributed by atoms with E-state index in [-0.39, 0.29) is 18.9 Å². The molecule has 1 saturated carbocycles. The van der Waals surface area contributed by atoms with Crippen LogP contribution >= 0.6 is 0 Å². The number of anilines is 1. The van der Waals surface area contributed by atoms with Crippen molar-refractivity contribution in [2.75, 3.05) is 32.3 Å². The van der Waals surface area contributed by atoms with Gasteiger partial charge in [0.15, 0.2) is 11.5 Å². The summed E-state index contributed by atoms with van der Waals surface area (Å²) in [7, 11) is 1.65. The second-order valence-corrected chi connectivity index (χ2v) is 8.13. The zero-order valence-electron chi connectivity index (χ0n) is 16.5. The molecule has 154 valence electrons. The van der Waals surface area contributed by atoms with Crippen molar-refractivity contribution in [2.45, 2.75) is 31.5 Å². The number of fused-ring (bicyclic) bond motifs is 2. The van der Waals surface area contributed by atoms with Gasteiger partial charge in [0, 0.05) is 32.0 Å². The van der Waals surface area contributed by atoms with Crippen LogP contribution in [0.1, 0.15) is 18.4 Å². The Hall–Kier alpha value is -2.58. The number of likely N-dealkylation sites (tertiary alicyclic amines) is 1. The summed E-state index contributed by atoms with van der Waals surface area (Å²) in [6.45, 7) is 3.09. The van der Waals surface area contributed by atoms with E-state index in [4.69, 9.17) is 14.2 Å². The number of methoxy groups -OCH3 is 1. The summed E-state index contributed by atoms with van der Waals surface area (Å²) >= 11 is 0. The van der Waals surface area contributed by atoms with Crippen molar-refractivity contribution in [2.24, 2.45) is 11.8 Å². The van der Waals surface area contributed by atoms with E-state index < -0.39 is 0 Å². The van der Waals surface area contributed by atoms with Gasteiger partial charge in [-0.05, 0) is 42.4 Å². The molecule has 2 aliphatic heterocycles. The van der Waals surface area contributed by atoms with E-state index in [0.717, 1.165) is 55.4 Å². The van der Waals surface area contributed by atoms with Crippen LogP contribution in [0.15, 0.2) is 30.7 Å². The number of hydrogen-bond acceptors (Lipinski definition) is 8. The largest absolute Gasteiger partial charge is 0.493 e. The molecule has 2 fully saturated rings. The third-order valence-electron chi connectivity index (χ3n) is 6.24. The molecule has 0 amide bonds. The van der Waals surface area contributed by atoms with Crippen molar-refractivity contribution in [3.05, 3.63) is 36.3 Å². The van der Waals surface area contributed by atoms with E-state index in [1.54, 1.807) is 25.7 Å². The Bertz CT molecular complexity index is 865. The summed E-state index contributed by atoms with van der Waals surface area (Å²) < 4.78 is 16.5. The van der Waals surface area contributed by atoms with E-state index in [9.17, 15) is 5.11 Å². The number of hydrogen-bond donors (Lipinski definition) is 2. The summed E-state index contributed by atoms with van der Waals surface area (Å²) in [5.41, 5.74) is 1.15. The zero-order chi connectivity index (χ0) is 19.8. The van der Waals surface area contributed by atoms with Gasteiger partial charge in [0.05, 0.1) is 25.5 Å². The van der Waals surface area contributed by atoms with Crippen molar-refractivity contribution < 1.29 is 19.3 Å². The minimum atomic E-state index is -0.371. The lowest BCUT2D eigenvalue weighted by atomic mass is 9.77. The lowest BCUT2D eigenvalue weighted by Gasteiger charge is -2.35. The third-order valence-corrected chi connectivity index (χ3v) is 6.24. The Morgan fingerprint density at radius 3 is 2.86 bits per heavy atom. The van der Waals surface area contributed by atoms with Crippen molar-refractivity contribution in [1.29, 1.82) is 0 Å². The number of aliphatic hydroxyl groups is 1. The zero-order valence-corrected chi connectivity index (χ0v) is 16.5. The monoisotopic (exact) mass is 398 g/mol. The molecule has 1 saturated heterocycles. The molecule has 5 rings (SSSR count). The summed E-state index contributed by atoms with van der Waals surface area (Å²) in [6.07, 6.45) is 6.39. The molecular weight excluding hydrogens is 372 g/mol. The Kier molecular flexibility index (Phi) is 4.89.